The highest BCUT2D eigenvalue weighted by Crippen LogP contribution is 2.20. The Balaban J connectivity index is 2.17. The lowest BCUT2D eigenvalue weighted by molar-refractivity contribution is 0.0939. The highest BCUT2D eigenvalue weighted by molar-refractivity contribution is 4.71. The largest absolute Gasteiger partial charge is 0.392 e. The second-order valence-corrected chi connectivity index (χ2v) is 4.11. The zero-order chi connectivity index (χ0) is 9.68. The zero-order valence-corrected chi connectivity index (χ0v) is 8.79. The van der Waals surface area contributed by atoms with Gasteiger partial charge in [0.1, 0.15) is 0 Å². The normalized spacial score (nSPS) is 22.2. The fourth-order valence-corrected chi connectivity index (χ4v) is 1.87. The maximum atomic E-state index is 9.11. The average molecular weight is 186 g/mol. The van der Waals surface area contributed by atoms with Crippen molar-refractivity contribution in [3.05, 3.63) is 0 Å². The van der Waals surface area contributed by atoms with Crippen molar-refractivity contribution in [2.75, 3.05) is 13.6 Å². The van der Waals surface area contributed by atoms with E-state index in [-0.39, 0.29) is 6.10 Å². The molecule has 1 saturated carbocycles. The zero-order valence-electron chi connectivity index (χ0n) is 8.79. The van der Waals surface area contributed by atoms with E-state index in [9.17, 15) is 0 Å². The van der Waals surface area contributed by atoms with Crippen LogP contribution in [0.2, 0.25) is 0 Å². The van der Waals surface area contributed by atoms with E-state index in [1.807, 2.05) is 6.92 Å². The third kappa shape index (κ3) is 4.07. The number of hydrazine groups is 1. The van der Waals surface area contributed by atoms with Crippen molar-refractivity contribution >= 4 is 0 Å². The summed E-state index contributed by atoms with van der Waals surface area (Å²) in [7, 11) is 2.08. The highest BCUT2D eigenvalue weighted by atomic mass is 16.3. The molecule has 0 radical (unpaired) electrons. The molecule has 3 heteroatoms. The van der Waals surface area contributed by atoms with Crippen LogP contribution in [0.5, 0.6) is 0 Å². The monoisotopic (exact) mass is 186 g/mol. The van der Waals surface area contributed by atoms with Crippen LogP contribution >= 0.6 is 0 Å². The van der Waals surface area contributed by atoms with Gasteiger partial charge in [-0.15, -0.1) is 0 Å². The molecule has 78 valence electrons. The smallest absolute Gasteiger partial charge is 0.0650 e. The maximum Gasteiger partial charge on any atom is 0.0650 e. The lowest BCUT2D eigenvalue weighted by Gasteiger charge is -2.31. The molecule has 0 spiro atoms. The van der Waals surface area contributed by atoms with E-state index in [4.69, 9.17) is 5.11 Å². The number of nitrogens with zero attached hydrogens (tertiary/aromatic N) is 1. The molecule has 0 saturated heterocycles. The number of rotatable bonds is 4. The molecule has 13 heavy (non-hydrogen) atoms. The van der Waals surface area contributed by atoms with Gasteiger partial charge in [-0.1, -0.05) is 19.3 Å². The van der Waals surface area contributed by atoms with Crippen LogP contribution in [0.25, 0.3) is 0 Å². The Hall–Kier alpha value is -0.120. The van der Waals surface area contributed by atoms with Crippen LogP contribution in [0.1, 0.15) is 39.0 Å². The molecule has 0 aromatic heterocycles. The Bertz CT molecular complexity index is 133. The van der Waals surface area contributed by atoms with Gasteiger partial charge in [0.25, 0.3) is 0 Å². The molecule has 0 aromatic rings. The molecule has 0 amide bonds. The summed E-state index contributed by atoms with van der Waals surface area (Å²) in [6, 6.07) is 0.674. The Morgan fingerprint density at radius 3 is 2.54 bits per heavy atom. The first-order valence-electron chi connectivity index (χ1n) is 5.34. The van der Waals surface area contributed by atoms with Gasteiger partial charge in [0.15, 0.2) is 0 Å². The SMILES string of the molecule is CC(O)CNN(C)C1CCCCC1. The van der Waals surface area contributed by atoms with Crippen molar-refractivity contribution in [2.45, 2.75) is 51.2 Å². The fourth-order valence-electron chi connectivity index (χ4n) is 1.87. The molecule has 1 atom stereocenters. The van der Waals surface area contributed by atoms with Crippen molar-refractivity contribution in [1.29, 1.82) is 0 Å². The number of aliphatic hydroxyl groups excluding tert-OH is 1. The molecule has 1 unspecified atom stereocenters. The van der Waals surface area contributed by atoms with Gasteiger partial charge in [0.2, 0.25) is 0 Å². The first-order chi connectivity index (χ1) is 6.20. The highest BCUT2D eigenvalue weighted by Gasteiger charge is 2.17. The van der Waals surface area contributed by atoms with E-state index in [0.29, 0.717) is 12.6 Å². The second kappa shape index (κ2) is 5.58. The van der Waals surface area contributed by atoms with E-state index >= 15 is 0 Å². The number of aliphatic hydroxyl groups is 1. The minimum absolute atomic E-state index is 0.258. The van der Waals surface area contributed by atoms with Gasteiger partial charge < -0.3 is 5.11 Å². The van der Waals surface area contributed by atoms with Gasteiger partial charge in [0, 0.05) is 19.6 Å². The third-order valence-corrected chi connectivity index (χ3v) is 2.76. The van der Waals surface area contributed by atoms with Crippen molar-refractivity contribution < 1.29 is 5.11 Å². The van der Waals surface area contributed by atoms with Crippen molar-refractivity contribution in [3.8, 4) is 0 Å². The summed E-state index contributed by atoms with van der Waals surface area (Å²) in [4.78, 5) is 0. The molecule has 0 bridgehead atoms. The van der Waals surface area contributed by atoms with Crippen LogP contribution in [-0.4, -0.2) is 35.9 Å². The lowest BCUT2D eigenvalue weighted by Crippen LogP contribution is -2.46. The molecule has 0 aromatic carbocycles. The molecule has 1 fully saturated rings. The summed E-state index contributed by atoms with van der Waals surface area (Å²) in [5, 5.41) is 11.3. The molecular formula is C10H22N2O. The van der Waals surface area contributed by atoms with Crippen molar-refractivity contribution in [3.63, 3.8) is 0 Å². The lowest BCUT2D eigenvalue weighted by atomic mass is 9.95. The summed E-state index contributed by atoms with van der Waals surface area (Å²) in [6.07, 6.45) is 6.43. The fraction of sp³-hybridized carbons (Fsp3) is 1.00. The van der Waals surface area contributed by atoms with Crippen LogP contribution in [0.4, 0.5) is 0 Å². The average Bonchev–Trinajstić information content (AvgIpc) is 2.15. The van der Waals surface area contributed by atoms with Gasteiger partial charge in [-0.05, 0) is 19.8 Å². The molecule has 3 nitrogen and oxygen atoms in total. The van der Waals surface area contributed by atoms with Gasteiger partial charge in [-0.3, -0.25) is 5.43 Å². The Morgan fingerprint density at radius 1 is 1.38 bits per heavy atom. The second-order valence-electron chi connectivity index (χ2n) is 4.11. The van der Waals surface area contributed by atoms with E-state index < -0.39 is 0 Å². The molecule has 1 aliphatic carbocycles. The summed E-state index contributed by atoms with van der Waals surface area (Å²) in [5.74, 6) is 0. The maximum absolute atomic E-state index is 9.11. The van der Waals surface area contributed by atoms with Gasteiger partial charge in [-0.25, -0.2) is 5.01 Å². The summed E-state index contributed by atoms with van der Waals surface area (Å²) < 4.78 is 0. The van der Waals surface area contributed by atoms with Crippen molar-refractivity contribution in [2.24, 2.45) is 0 Å². The number of hydrogen-bond acceptors (Lipinski definition) is 3. The third-order valence-electron chi connectivity index (χ3n) is 2.76. The first-order valence-corrected chi connectivity index (χ1v) is 5.34. The number of hydrogen-bond donors (Lipinski definition) is 2. The summed E-state index contributed by atoms with van der Waals surface area (Å²) in [5.41, 5.74) is 3.24. The van der Waals surface area contributed by atoms with Crippen LogP contribution in [0.15, 0.2) is 0 Å². The van der Waals surface area contributed by atoms with Crippen LogP contribution in [0, 0.1) is 0 Å². The minimum atomic E-state index is -0.258. The van der Waals surface area contributed by atoms with E-state index in [1.54, 1.807) is 0 Å². The molecule has 2 N–H and O–H groups in total. The van der Waals surface area contributed by atoms with E-state index in [0.717, 1.165) is 0 Å². The van der Waals surface area contributed by atoms with Gasteiger partial charge >= 0.3 is 0 Å². The molecular weight excluding hydrogens is 164 g/mol. The number of nitrogens with one attached hydrogen (secondary N) is 1. The van der Waals surface area contributed by atoms with Crippen LogP contribution in [0.3, 0.4) is 0 Å². The van der Waals surface area contributed by atoms with E-state index in [1.165, 1.54) is 32.1 Å². The Labute approximate surface area is 81.1 Å². The van der Waals surface area contributed by atoms with Crippen LogP contribution < -0.4 is 5.43 Å². The van der Waals surface area contributed by atoms with Crippen LogP contribution in [-0.2, 0) is 0 Å². The Morgan fingerprint density at radius 2 is 2.00 bits per heavy atom. The van der Waals surface area contributed by atoms with E-state index in [2.05, 4.69) is 17.5 Å². The first kappa shape index (κ1) is 11.0. The van der Waals surface area contributed by atoms with Gasteiger partial charge in [-0.2, -0.15) is 0 Å². The molecule has 1 aliphatic rings. The molecule has 0 aliphatic heterocycles. The quantitative estimate of drug-likeness (QED) is 0.646. The summed E-state index contributed by atoms with van der Waals surface area (Å²) >= 11 is 0. The standard InChI is InChI=1S/C10H22N2O/c1-9(13)8-11-12(2)10-6-4-3-5-7-10/h9-11,13H,3-8H2,1-2H3. The summed E-state index contributed by atoms with van der Waals surface area (Å²) in [6.45, 7) is 2.47. The topological polar surface area (TPSA) is 35.5 Å². The predicted molar refractivity (Wildman–Crippen MR) is 54.3 cm³/mol. The molecule has 0 heterocycles. The predicted octanol–water partition coefficient (Wildman–Crippen LogP) is 1.14. The minimum Gasteiger partial charge on any atom is -0.392 e. The Kier molecular flexibility index (Phi) is 4.70. The van der Waals surface area contributed by atoms with Crippen molar-refractivity contribution in [1.82, 2.24) is 10.4 Å². The molecule has 1 rings (SSSR count). The van der Waals surface area contributed by atoms with Gasteiger partial charge in [0.05, 0.1) is 6.10 Å².